The Kier molecular flexibility index (Phi) is 9.30. The standard InChI is InChI=1S/C33H38N6O4/c1-33(2,35-18-25(41)20-40)17-30(42)37-28-16-15-24-7-3-6-10-29(24)39(32(28)43)19-22-11-13-23(14-12-22)26-8-4-5-9-27(26)31-34-21-36-38-31/h3-14,21,25,28,35,40-41H,15-20H2,1-2H3,(H,37,42)(H,34,36,38)/t25-,28+/m0/s1. The van der Waals surface area contributed by atoms with Crippen LogP contribution in [0.25, 0.3) is 22.5 Å². The topological polar surface area (TPSA) is 143 Å². The van der Waals surface area contributed by atoms with Crippen molar-refractivity contribution in [1.82, 2.24) is 25.8 Å². The smallest absolute Gasteiger partial charge is 0.249 e. The van der Waals surface area contributed by atoms with E-state index in [-0.39, 0.29) is 31.4 Å². The molecule has 1 aliphatic rings. The van der Waals surface area contributed by atoms with E-state index in [0.29, 0.717) is 25.2 Å². The molecule has 1 aliphatic heterocycles. The van der Waals surface area contributed by atoms with E-state index < -0.39 is 17.7 Å². The second kappa shape index (κ2) is 13.3. The number of carbonyl (C=O) groups is 2. The number of hydrogen-bond acceptors (Lipinski definition) is 7. The number of hydrogen-bond donors (Lipinski definition) is 5. The van der Waals surface area contributed by atoms with Crippen LogP contribution < -0.4 is 15.5 Å². The molecule has 0 bridgehead atoms. The zero-order valence-corrected chi connectivity index (χ0v) is 24.5. The molecule has 0 unspecified atom stereocenters. The summed E-state index contributed by atoms with van der Waals surface area (Å²) < 4.78 is 0. The first-order valence-electron chi connectivity index (χ1n) is 14.5. The highest BCUT2D eigenvalue weighted by atomic mass is 16.3. The van der Waals surface area contributed by atoms with Crippen LogP contribution in [0.2, 0.25) is 0 Å². The van der Waals surface area contributed by atoms with Crippen molar-refractivity contribution in [1.29, 1.82) is 0 Å². The van der Waals surface area contributed by atoms with Crippen LogP contribution in [0, 0.1) is 0 Å². The molecule has 43 heavy (non-hydrogen) atoms. The molecular formula is C33H38N6O4. The number of para-hydroxylation sites is 1. The molecule has 2 heterocycles. The van der Waals surface area contributed by atoms with E-state index in [2.05, 4.69) is 25.8 Å². The number of aliphatic hydroxyl groups is 2. The van der Waals surface area contributed by atoms with Crippen molar-refractivity contribution in [2.45, 2.75) is 57.3 Å². The minimum absolute atomic E-state index is 0.110. The van der Waals surface area contributed by atoms with Gasteiger partial charge in [-0.3, -0.25) is 14.7 Å². The van der Waals surface area contributed by atoms with Gasteiger partial charge in [-0.25, -0.2) is 4.98 Å². The normalized spacial score (nSPS) is 16.0. The molecule has 0 spiro atoms. The van der Waals surface area contributed by atoms with Crippen LogP contribution in [-0.4, -0.2) is 68.0 Å². The number of fused-ring (bicyclic) bond motifs is 1. The maximum Gasteiger partial charge on any atom is 0.249 e. The molecule has 0 saturated carbocycles. The third kappa shape index (κ3) is 7.34. The molecule has 10 nitrogen and oxygen atoms in total. The number of aliphatic hydroxyl groups excluding tert-OH is 2. The Bertz CT molecular complexity index is 1540. The van der Waals surface area contributed by atoms with Crippen molar-refractivity contribution in [3.8, 4) is 22.5 Å². The zero-order chi connectivity index (χ0) is 30.4. The van der Waals surface area contributed by atoms with Gasteiger partial charge < -0.3 is 25.7 Å². The lowest BCUT2D eigenvalue weighted by atomic mass is 9.98. The fraction of sp³-hybridized carbons (Fsp3) is 0.333. The molecule has 5 rings (SSSR count). The predicted molar refractivity (Wildman–Crippen MR) is 165 cm³/mol. The Hall–Kier alpha value is -4.38. The first kappa shape index (κ1) is 30.1. The summed E-state index contributed by atoms with van der Waals surface area (Å²) in [5, 5.41) is 31.9. The number of anilines is 1. The second-order valence-corrected chi connectivity index (χ2v) is 11.6. The van der Waals surface area contributed by atoms with Gasteiger partial charge in [-0.1, -0.05) is 66.7 Å². The van der Waals surface area contributed by atoms with Gasteiger partial charge >= 0.3 is 0 Å². The van der Waals surface area contributed by atoms with Gasteiger partial charge in [0.05, 0.1) is 19.3 Å². The Labute approximate surface area is 251 Å². The molecule has 2 atom stereocenters. The van der Waals surface area contributed by atoms with E-state index in [1.54, 1.807) is 11.2 Å². The van der Waals surface area contributed by atoms with Gasteiger partial charge in [0.25, 0.3) is 0 Å². The molecule has 10 heteroatoms. The number of H-pyrrole nitrogens is 1. The Balaban J connectivity index is 1.33. The average Bonchev–Trinajstić information content (AvgIpc) is 3.52. The maximum atomic E-state index is 13.9. The second-order valence-electron chi connectivity index (χ2n) is 11.6. The van der Waals surface area contributed by atoms with Crippen LogP contribution >= 0.6 is 0 Å². The quantitative estimate of drug-likeness (QED) is 0.183. The van der Waals surface area contributed by atoms with Crippen LogP contribution in [0.5, 0.6) is 0 Å². The zero-order valence-electron chi connectivity index (χ0n) is 24.5. The minimum Gasteiger partial charge on any atom is -0.394 e. The Morgan fingerprint density at radius 1 is 1.07 bits per heavy atom. The van der Waals surface area contributed by atoms with E-state index in [1.807, 2.05) is 86.6 Å². The van der Waals surface area contributed by atoms with Crippen LogP contribution in [0.4, 0.5) is 5.69 Å². The molecule has 0 fully saturated rings. The number of β-amino-alcohol motifs (C(OH)–C–C–N with tert-alkyl or cyclic N) is 1. The highest BCUT2D eigenvalue weighted by Crippen LogP contribution is 2.32. The van der Waals surface area contributed by atoms with E-state index in [9.17, 15) is 14.7 Å². The van der Waals surface area contributed by atoms with Gasteiger partial charge in [0.15, 0.2) is 5.82 Å². The first-order chi connectivity index (χ1) is 20.7. The number of nitrogens with one attached hydrogen (secondary N) is 3. The summed E-state index contributed by atoms with van der Waals surface area (Å²) in [5.41, 5.74) is 5.18. The van der Waals surface area contributed by atoms with Crippen LogP contribution in [0.1, 0.15) is 37.8 Å². The third-order valence-electron chi connectivity index (χ3n) is 7.70. The van der Waals surface area contributed by atoms with E-state index in [4.69, 9.17) is 5.11 Å². The number of aryl methyl sites for hydroxylation is 1. The minimum atomic E-state index is -0.908. The monoisotopic (exact) mass is 582 g/mol. The molecule has 1 aromatic heterocycles. The molecule has 0 radical (unpaired) electrons. The van der Waals surface area contributed by atoms with E-state index >= 15 is 0 Å². The number of aromatic amines is 1. The SMILES string of the molecule is CC(C)(CC(=O)N[C@@H]1CCc2ccccc2N(Cc2ccc(-c3ccccc3-c3nc[nH]n3)cc2)C1=O)NC[C@H](O)CO. The number of nitrogens with zero attached hydrogens (tertiary/aromatic N) is 3. The molecule has 5 N–H and O–H groups in total. The number of rotatable bonds is 11. The molecule has 2 amide bonds. The maximum absolute atomic E-state index is 13.9. The van der Waals surface area contributed by atoms with Crippen LogP contribution in [-0.2, 0) is 22.6 Å². The predicted octanol–water partition coefficient (Wildman–Crippen LogP) is 3.21. The fourth-order valence-electron chi connectivity index (χ4n) is 5.42. The molecule has 0 aliphatic carbocycles. The van der Waals surface area contributed by atoms with Gasteiger partial charge in [0, 0.05) is 29.8 Å². The van der Waals surface area contributed by atoms with E-state index in [0.717, 1.165) is 33.5 Å². The largest absolute Gasteiger partial charge is 0.394 e. The third-order valence-corrected chi connectivity index (χ3v) is 7.70. The lowest BCUT2D eigenvalue weighted by Gasteiger charge is -2.29. The van der Waals surface area contributed by atoms with Crippen molar-refractivity contribution in [3.05, 3.63) is 90.3 Å². The van der Waals surface area contributed by atoms with E-state index in [1.165, 1.54) is 0 Å². The van der Waals surface area contributed by atoms with Gasteiger partial charge in [-0.05, 0) is 55.0 Å². The fourth-order valence-corrected chi connectivity index (χ4v) is 5.42. The molecule has 4 aromatic rings. The molecule has 0 saturated heterocycles. The van der Waals surface area contributed by atoms with Gasteiger partial charge in [0.1, 0.15) is 12.4 Å². The Morgan fingerprint density at radius 2 is 1.79 bits per heavy atom. The average molecular weight is 583 g/mol. The highest BCUT2D eigenvalue weighted by Gasteiger charge is 2.32. The number of aromatic nitrogens is 3. The van der Waals surface area contributed by atoms with Crippen molar-refractivity contribution >= 4 is 17.5 Å². The molecule has 224 valence electrons. The summed E-state index contributed by atoms with van der Waals surface area (Å²) in [7, 11) is 0. The summed E-state index contributed by atoms with van der Waals surface area (Å²) in [5.74, 6) is 0.218. The number of amides is 2. The van der Waals surface area contributed by atoms with Crippen molar-refractivity contribution in [2.24, 2.45) is 0 Å². The molecule has 3 aromatic carbocycles. The van der Waals surface area contributed by atoms with Crippen molar-refractivity contribution in [2.75, 3.05) is 18.1 Å². The van der Waals surface area contributed by atoms with Gasteiger partial charge in [-0.15, -0.1) is 0 Å². The number of carbonyl (C=O) groups excluding carboxylic acids is 2. The summed E-state index contributed by atoms with van der Waals surface area (Å²) in [4.78, 5) is 33.1. The summed E-state index contributed by atoms with van der Waals surface area (Å²) in [6, 6.07) is 23.3. The van der Waals surface area contributed by atoms with Crippen LogP contribution in [0.15, 0.2) is 79.1 Å². The molecular weight excluding hydrogens is 544 g/mol. The number of benzene rings is 3. The van der Waals surface area contributed by atoms with Crippen molar-refractivity contribution < 1.29 is 19.8 Å². The van der Waals surface area contributed by atoms with Crippen LogP contribution in [0.3, 0.4) is 0 Å². The summed E-state index contributed by atoms with van der Waals surface area (Å²) in [6.45, 7) is 3.85. The summed E-state index contributed by atoms with van der Waals surface area (Å²) >= 11 is 0. The van der Waals surface area contributed by atoms with Gasteiger partial charge in [-0.2, -0.15) is 5.10 Å². The lowest BCUT2D eigenvalue weighted by molar-refractivity contribution is -0.128. The Morgan fingerprint density at radius 3 is 2.51 bits per heavy atom. The summed E-state index contributed by atoms with van der Waals surface area (Å²) in [6.07, 6.45) is 1.91. The van der Waals surface area contributed by atoms with Gasteiger partial charge in [0.2, 0.25) is 11.8 Å². The lowest BCUT2D eigenvalue weighted by Crippen LogP contribution is -2.51. The van der Waals surface area contributed by atoms with Crippen molar-refractivity contribution in [3.63, 3.8) is 0 Å². The highest BCUT2D eigenvalue weighted by molar-refractivity contribution is 6.00. The first-order valence-corrected chi connectivity index (χ1v) is 14.5.